The molecule has 0 bridgehead atoms. The highest BCUT2D eigenvalue weighted by Gasteiger charge is 2.22. The van der Waals surface area contributed by atoms with Gasteiger partial charge in [0, 0.05) is 31.2 Å². The van der Waals surface area contributed by atoms with Crippen LogP contribution in [-0.4, -0.2) is 36.0 Å². The molecule has 0 atom stereocenters. The van der Waals surface area contributed by atoms with Gasteiger partial charge in [0.15, 0.2) is 0 Å². The minimum atomic E-state index is -0.410. The Morgan fingerprint density at radius 3 is 2.41 bits per heavy atom. The molecule has 4 rings (SSSR count). The molecule has 0 aromatic heterocycles. The molecular formula is C24H29N3O2. The van der Waals surface area contributed by atoms with Crippen molar-refractivity contribution in [2.24, 2.45) is 0 Å². The number of imide groups is 1. The summed E-state index contributed by atoms with van der Waals surface area (Å²) >= 11 is 0. The van der Waals surface area contributed by atoms with Crippen LogP contribution in [0.25, 0.3) is 0 Å². The Balaban J connectivity index is 1.22. The predicted octanol–water partition coefficient (Wildman–Crippen LogP) is 3.67. The second-order valence-electron chi connectivity index (χ2n) is 8.15. The van der Waals surface area contributed by atoms with Gasteiger partial charge in [0.1, 0.15) is 0 Å². The van der Waals surface area contributed by atoms with E-state index in [1.807, 2.05) is 6.07 Å². The van der Waals surface area contributed by atoms with Gasteiger partial charge in [-0.3, -0.25) is 15.0 Å². The summed E-state index contributed by atoms with van der Waals surface area (Å²) in [5, 5.41) is 5.37. The van der Waals surface area contributed by atoms with Crippen molar-refractivity contribution in [3.8, 4) is 0 Å². The molecule has 1 aliphatic heterocycles. The Labute approximate surface area is 172 Å². The van der Waals surface area contributed by atoms with Crippen LogP contribution in [-0.2, 0) is 19.4 Å². The van der Waals surface area contributed by atoms with E-state index >= 15 is 0 Å². The van der Waals surface area contributed by atoms with Crippen LogP contribution in [0.15, 0.2) is 48.5 Å². The summed E-state index contributed by atoms with van der Waals surface area (Å²) in [6, 6.07) is 15.5. The second-order valence-corrected chi connectivity index (χ2v) is 8.15. The van der Waals surface area contributed by atoms with E-state index in [1.165, 1.54) is 42.4 Å². The summed E-state index contributed by atoms with van der Waals surface area (Å²) in [6.07, 6.45) is 6.86. The van der Waals surface area contributed by atoms with E-state index in [2.05, 4.69) is 33.7 Å². The summed E-state index contributed by atoms with van der Waals surface area (Å²) < 4.78 is 0. The standard InChI is InChI=1S/C24H29N3O2/c28-23(20-7-2-1-3-8-20)26-24(29)25-22-12-14-27(15-13-22)17-18-10-11-19-6-4-5-9-21(19)16-18/h1-3,7-8,10-11,16,22H,4-6,9,12-15,17H2,(H2,25,26,28,29). The zero-order chi connectivity index (χ0) is 20.1. The molecule has 1 heterocycles. The second kappa shape index (κ2) is 9.23. The third-order valence-corrected chi connectivity index (χ3v) is 6.00. The maximum atomic E-state index is 12.1. The number of nitrogens with one attached hydrogen (secondary N) is 2. The highest BCUT2D eigenvalue weighted by Crippen LogP contribution is 2.23. The largest absolute Gasteiger partial charge is 0.335 e. The van der Waals surface area contributed by atoms with Crippen molar-refractivity contribution in [2.45, 2.75) is 51.1 Å². The van der Waals surface area contributed by atoms with Crippen molar-refractivity contribution in [1.29, 1.82) is 0 Å². The predicted molar refractivity (Wildman–Crippen MR) is 114 cm³/mol. The summed E-state index contributed by atoms with van der Waals surface area (Å²) in [5.74, 6) is -0.368. The van der Waals surface area contributed by atoms with Crippen LogP contribution >= 0.6 is 0 Å². The van der Waals surface area contributed by atoms with Crippen molar-refractivity contribution >= 4 is 11.9 Å². The van der Waals surface area contributed by atoms with Crippen molar-refractivity contribution in [1.82, 2.24) is 15.5 Å². The molecule has 5 heteroatoms. The molecule has 0 saturated carbocycles. The first-order valence-electron chi connectivity index (χ1n) is 10.7. The number of urea groups is 1. The number of hydrogen-bond acceptors (Lipinski definition) is 3. The van der Waals surface area contributed by atoms with Crippen molar-refractivity contribution < 1.29 is 9.59 Å². The SMILES string of the molecule is O=C(NC(=O)c1ccccc1)NC1CCN(Cc2ccc3c(c2)CCCC3)CC1. The van der Waals surface area contributed by atoms with Gasteiger partial charge in [-0.15, -0.1) is 0 Å². The highest BCUT2D eigenvalue weighted by atomic mass is 16.2. The van der Waals surface area contributed by atoms with Gasteiger partial charge >= 0.3 is 6.03 Å². The van der Waals surface area contributed by atoms with Gasteiger partial charge in [-0.25, -0.2) is 4.79 Å². The fraction of sp³-hybridized carbons (Fsp3) is 0.417. The van der Waals surface area contributed by atoms with Gasteiger partial charge in [0.2, 0.25) is 0 Å². The molecule has 2 aromatic carbocycles. The topological polar surface area (TPSA) is 61.4 Å². The van der Waals surface area contributed by atoms with Crippen LogP contribution in [0.4, 0.5) is 4.79 Å². The molecule has 152 valence electrons. The lowest BCUT2D eigenvalue weighted by Crippen LogP contribution is -2.49. The number of likely N-dealkylation sites (tertiary alicyclic amines) is 1. The lowest BCUT2D eigenvalue weighted by atomic mass is 9.90. The van der Waals surface area contributed by atoms with Gasteiger partial charge in [0.25, 0.3) is 5.91 Å². The number of fused-ring (bicyclic) bond motifs is 1. The quantitative estimate of drug-likeness (QED) is 0.836. The molecule has 1 aliphatic carbocycles. The normalized spacial score (nSPS) is 17.4. The van der Waals surface area contributed by atoms with Gasteiger partial charge in [0.05, 0.1) is 0 Å². The summed E-state index contributed by atoms with van der Waals surface area (Å²) in [4.78, 5) is 26.7. The third kappa shape index (κ3) is 5.24. The zero-order valence-electron chi connectivity index (χ0n) is 16.8. The molecule has 5 nitrogen and oxygen atoms in total. The third-order valence-electron chi connectivity index (χ3n) is 6.00. The Hall–Kier alpha value is -2.66. The fourth-order valence-electron chi connectivity index (χ4n) is 4.37. The zero-order valence-corrected chi connectivity index (χ0v) is 16.8. The smallest absolute Gasteiger partial charge is 0.321 e. The molecule has 0 radical (unpaired) electrons. The summed E-state index contributed by atoms with van der Waals surface area (Å²) in [5.41, 5.74) is 4.94. The lowest BCUT2D eigenvalue weighted by Gasteiger charge is -2.32. The molecule has 2 aromatic rings. The van der Waals surface area contributed by atoms with Crippen LogP contribution in [0, 0.1) is 0 Å². The average Bonchev–Trinajstić information content (AvgIpc) is 2.75. The fourth-order valence-corrected chi connectivity index (χ4v) is 4.37. The van der Waals surface area contributed by atoms with Crippen molar-refractivity contribution in [3.05, 3.63) is 70.8 Å². The lowest BCUT2D eigenvalue weighted by molar-refractivity contribution is 0.0961. The first-order valence-corrected chi connectivity index (χ1v) is 10.7. The maximum absolute atomic E-state index is 12.1. The Bertz CT molecular complexity index is 858. The number of carbonyl (C=O) groups excluding carboxylic acids is 2. The maximum Gasteiger partial charge on any atom is 0.321 e. The Morgan fingerprint density at radius 1 is 0.931 bits per heavy atom. The monoisotopic (exact) mass is 391 g/mol. The van der Waals surface area contributed by atoms with E-state index in [-0.39, 0.29) is 11.9 Å². The molecule has 2 N–H and O–H groups in total. The Kier molecular flexibility index (Phi) is 6.25. The van der Waals surface area contributed by atoms with Crippen LogP contribution in [0.5, 0.6) is 0 Å². The van der Waals surface area contributed by atoms with E-state index in [4.69, 9.17) is 0 Å². The first-order chi connectivity index (χ1) is 14.2. The van der Waals surface area contributed by atoms with Crippen LogP contribution in [0.3, 0.4) is 0 Å². The van der Waals surface area contributed by atoms with E-state index < -0.39 is 6.03 Å². The minimum absolute atomic E-state index is 0.110. The minimum Gasteiger partial charge on any atom is -0.335 e. The summed E-state index contributed by atoms with van der Waals surface area (Å²) in [6.45, 7) is 2.88. The van der Waals surface area contributed by atoms with Crippen molar-refractivity contribution in [2.75, 3.05) is 13.1 Å². The number of amides is 3. The van der Waals surface area contributed by atoms with E-state index in [1.54, 1.807) is 24.3 Å². The van der Waals surface area contributed by atoms with Crippen molar-refractivity contribution in [3.63, 3.8) is 0 Å². The Morgan fingerprint density at radius 2 is 1.66 bits per heavy atom. The number of benzene rings is 2. The van der Waals surface area contributed by atoms with Crippen LogP contribution in [0.2, 0.25) is 0 Å². The molecule has 1 saturated heterocycles. The number of nitrogens with zero attached hydrogens (tertiary/aromatic N) is 1. The molecular weight excluding hydrogens is 362 g/mol. The van der Waals surface area contributed by atoms with E-state index in [9.17, 15) is 9.59 Å². The van der Waals surface area contributed by atoms with Gasteiger partial charge in [-0.2, -0.15) is 0 Å². The van der Waals surface area contributed by atoms with Crippen LogP contribution < -0.4 is 10.6 Å². The first kappa shape index (κ1) is 19.6. The number of carbonyl (C=O) groups is 2. The number of aryl methyl sites for hydroxylation is 2. The summed E-state index contributed by atoms with van der Waals surface area (Å²) in [7, 11) is 0. The number of hydrogen-bond donors (Lipinski definition) is 2. The van der Waals surface area contributed by atoms with E-state index in [0.717, 1.165) is 32.5 Å². The average molecular weight is 392 g/mol. The number of piperidine rings is 1. The molecule has 2 aliphatic rings. The number of rotatable bonds is 4. The van der Waals surface area contributed by atoms with Gasteiger partial charge < -0.3 is 5.32 Å². The highest BCUT2D eigenvalue weighted by molar-refractivity contribution is 6.04. The van der Waals surface area contributed by atoms with E-state index in [0.29, 0.717) is 5.56 Å². The molecule has 1 fully saturated rings. The van der Waals surface area contributed by atoms with Gasteiger partial charge in [-0.1, -0.05) is 36.4 Å². The molecule has 3 amide bonds. The molecule has 0 unspecified atom stereocenters. The molecule has 29 heavy (non-hydrogen) atoms. The van der Waals surface area contributed by atoms with Gasteiger partial charge in [-0.05, 0) is 67.3 Å². The van der Waals surface area contributed by atoms with Crippen LogP contribution in [0.1, 0.15) is 52.7 Å². The molecule has 0 spiro atoms.